The number of benzene rings is 1. The minimum Gasteiger partial charge on any atom is -0.459 e. The molecule has 3 aromatic rings. The molecule has 2 N–H and O–H groups in total. The van der Waals surface area contributed by atoms with Crippen molar-refractivity contribution >= 4 is 16.9 Å². The molecule has 2 heterocycles. The number of imidazole rings is 1. The van der Waals surface area contributed by atoms with E-state index in [2.05, 4.69) is 15.3 Å². The quantitative estimate of drug-likeness (QED) is 0.707. The molecule has 0 aliphatic heterocycles. The number of furan rings is 1. The van der Waals surface area contributed by atoms with Crippen molar-refractivity contribution in [2.24, 2.45) is 0 Å². The number of H-pyrrole nitrogens is 1. The SMILES string of the molecule is Cc1ccoc1C(=O)NCCCc1nc2ccccc2[nH]1. The molecule has 0 saturated heterocycles. The maximum absolute atomic E-state index is 11.9. The van der Waals surface area contributed by atoms with Gasteiger partial charge in [0.25, 0.3) is 5.91 Å². The molecule has 5 heteroatoms. The van der Waals surface area contributed by atoms with Crippen molar-refractivity contribution in [1.29, 1.82) is 0 Å². The smallest absolute Gasteiger partial charge is 0.287 e. The van der Waals surface area contributed by atoms with Crippen molar-refractivity contribution < 1.29 is 9.21 Å². The third-order valence-corrected chi connectivity index (χ3v) is 3.38. The highest BCUT2D eigenvalue weighted by Gasteiger charge is 2.11. The Bertz CT molecular complexity index is 725. The monoisotopic (exact) mass is 283 g/mol. The van der Waals surface area contributed by atoms with Crippen LogP contribution in [0.15, 0.2) is 41.0 Å². The third kappa shape index (κ3) is 2.97. The van der Waals surface area contributed by atoms with Crippen molar-refractivity contribution in [3.8, 4) is 0 Å². The van der Waals surface area contributed by atoms with Gasteiger partial charge < -0.3 is 14.7 Å². The highest BCUT2D eigenvalue weighted by atomic mass is 16.3. The lowest BCUT2D eigenvalue weighted by Gasteiger charge is -2.02. The van der Waals surface area contributed by atoms with E-state index >= 15 is 0 Å². The number of hydrogen-bond donors (Lipinski definition) is 2. The summed E-state index contributed by atoms with van der Waals surface area (Å²) >= 11 is 0. The summed E-state index contributed by atoms with van der Waals surface area (Å²) in [7, 11) is 0. The fraction of sp³-hybridized carbons (Fsp3) is 0.250. The van der Waals surface area contributed by atoms with Gasteiger partial charge >= 0.3 is 0 Å². The van der Waals surface area contributed by atoms with Gasteiger partial charge in [0.1, 0.15) is 5.82 Å². The largest absolute Gasteiger partial charge is 0.459 e. The Labute approximate surface area is 122 Å². The van der Waals surface area contributed by atoms with Crippen LogP contribution in [0.4, 0.5) is 0 Å². The molecule has 0 aliphatic carbocycles. The molecule has 1 amide bonds. The lowest BCUT2D eigenvalue weighted by Crippen LogP contribution is -2.25. The minimum absolute atomic E-state index is 0.165. The summed E-state index contributed by atoms with van der Waals surface area (Å²) in [4.78, 5) is 19.6. The van der Waals surface area contributed by atoms with E-state index in [-0.39, 0.29) is 5.91 Å². The zero-order chi connectivity index (χ0) is 14.7. The second kappa shape index (κ2) is 5.83. The fourth-order valence-corrected chi connectivity index (χ4v) is 2.27. The van der Waals surface area contributed by atoms with Crippen LogP contribution in [0.25, 0.3) is 11.0 Å². The molecule has 2 aromatic heterocycles. The first kappa shape index (κ1) is 13.4. The van der Waals surface area contributed by atoms with Crippen LogP contribution in [0, 0.1) is 6.92 Å². The van der Waals surface area contributed by atoms with E-state index in [1.54, 1.807) is 6.07 Å². The topological polar surface area (TPSA) is 70.9 Å². The summed E-state index contributed by atoms with van der Waals surface area (Å²) in [5.41, 5.74) is 2.87. The summed E-state index contributed by atoms with van der Waals surface area (Å²) in [6.45, 7) is 2.45. The lowest BCUT2D eigenvalue weighted by atomic mass is 10.2. The van der Waals surface area contributed by atoms with Crippen molar-refractivity contribution in [2.45, 2.75) is 19.8 Å². The van der Waals surface area contributed by atoms with E-state index in [1.165, 1.54) is 6.26 Å². The standard InChI is InChI=1S/C16H17N3O2/c1-11-8-10-21-15(11)16(20)17-9-4-7-14-18-12-5-2-3-6-13(12)19-14/h2-3,5-6,8,10H,4,7,9H2,1H3,(H,17,20)(H,18,19). The number of para-hydroxylation sites is 2. The first-order chi connectivity index (χ1) is 10.2. The average Bonchev–Trinajstić information content (AvgIpc) is 3.08. The zero-order valence-electron chi connectivity index (χ0n) is 11.8. The van der Waals surface area contributed by atoms with E-state index < -0.39 is 0 Å². The number of nitrogens with one attached hydrogen (secondary N) is 2. The van der Waals surface area contributed by atoms with Gasteiger partial charge in [-0.1, -0.05) is 12.1 Å². The summed E-state index contributed by atoms with van der Waals surface area (Å²) < 4.78 is 5.15. The van der Waals surface area contributed by atoms with E-state index in [9.17, 15) is 4.79 Å². The lowest BCUT2D eigenvalue weighted by molar-refractivity contribution is 0.0924. The minimum atomic E-state index is -0.165. The molecule has 0 unspecified atom stereocenters. The Morgan fingerprint density at radius 1 is 1.33 bits per heavy atom. The van der Waals surface area contributed by atoms with Gasteiger partial charge in [-0.3, -0.25) is 4.79 Å². The molecule has 5 nitrogen and oxygen atoms in total. The molecule has 3 rings (SSSR count). The number of carbonyl (C=O) groups is 1. The van der Waals surface area contributed by atoms with Gasteiger partial charge in [-0.15, -0.1) is 0 Å². The van der Waals surface area contributed by atoms with E-state index in [0.717, 1.165) is 35.3 Å². The molecule has 0 saturated carbocycles. The van der Waals surface area contributed by atoms with Gasteiger partial charge in [0.2, 0.25) is 0 Å². The number of aryl methyl sites for hydroxylation is 2. The molecule has 0 fully saturated rings. The number of fused-ring (bicyclic) bond motifs is 1. The second-order valence-corrected chi connectivity index (χ2v) is 4.99. The van der Waals surface area contributed by atoms with E-state index in [0.29, 0.717) is 12.3 Å². The summed E-state index contributed by atoms with van der Waals surface area (Å²) in [5.74, 6) is 1.17. The Hall–Kier alpha value is -2.56. The van der Waals surface area contributed by atoms with Gasteiger partial charge in [0.15, 0.2) is 5.76 Å². The first-order valence-electron chi connectivity index (χ1n) is 7.00. The number of aromatic nitrogens is 2. The maximum Gasteiger partial charge on any atom is 0.287 e. The molecule has 0 aliphatic rings. The number of aromatic amines is 1. The van der Waals surface area contributed by atoms with Crippen molar-refractivity contribution in [2.75, 3.05) is 6.54 Å². The molecule has 21 heavy (non-hydrogen) atoms. The first-order valence-corrected chi connectivity index (χ1v) is 7.00. The zero-order valence-corrected chi connectivity index (χ0v) is 11.8. The Balaban J connectivity index is 1.50. The molecule has 0 spiro atoms. The molecular formula is C16H17N3O2. The van der Waals surface area contributed by atoms with Crippen LogP contribution < -0.4 is 5.32 Å². The molecule has 1 aromatic carbocycles. The second-order valence-electron chi connectivity index (χ2n) is 4.99. The van der Waals surface area contributed by atoms with E-state index in [4.69, 9.17) is 4.42 Å². The van der Waals surface area contributed by atoms with Gasteiger partial charge in [-0.2, -0.15) is 0 Å². The van der Waals surface area contributed by atoms with Crippen molar-refractivity contribution in [3.63, 3.8) is 0 Å². The van der Waals surface area contributed by atoms with E-state index in [1.807, 2.05) is 31.2 Å². The average molecular weight is 283 g/mol. The third-order valence-electron chi connectivity index (χ3n) is 3.38. The molecule has 0 atom stereocenters. The maximum atomic E-state index is 11.9. The number of hydrogen-bond acceptors (Lipinski definition) is 3. The van der Waals surface area contributed by atoms with Gasteiger partial charge in [-0.25, -0.2) is 4.98 Å². The van der Waals surface area contributed by atoms with Crippen LogP contribution >= 0.6 is 0 Å². The highest BCUT2D eigenvalue weighted by molar-refractivity contribution is 5.92. The molecule has 0 bridgehead atoms. The highest BCUT2D eigenvalue weighted by Crippen LogP contribution is 2.11. The van der Waals surface area contributed by atoms with Crippen LogP contribution in [0.3, 0.4) is 0 Å². The Morgan fingerprint density at radius 3 is 2.95 bits per heavy atom. The number of rotatable bonds is 5. The van der Waals surface area contributed by atoms with Crippen LogP contribution in [0.2, 0.25) is 0 Å². The van der Waals surface area contributed by atoms with Gasteiger partial charge in [0, 0.05) is 18.5 Å². The molecular weight excluding hydrogens is 266 g/mol. The summed E-state index contributed by atoms with van der Waals surface area (Å²) in [6.07, 6.45) is 3.15. The van der Waals surface area contributed by atoms with Crippen LogP contribution in [-0.4, -0.2) is 22.4 Å². The number of carbonyl (C=O) groups excluding carboxylic acids is 1. The van der Waals surface area contributed by atoms with Crippen LogP contribution in [0.5, 0.6) is 0 Å². The fourth-order valence-electron chi connectivity index (χ4n) is 2.27. The van der Waals surface area contributed by atoms with Gasteiger partial charge in [-0.05, 0) is 31.5 Å². The van der Waals surface area contributed by atoms with Crippen LogP contribution in [0.1, 0.15) is 28.4 Å². The number of amides is 1. The predicted octanol–water partition coefficient (Wildman–Crippen LogP) is 2.83. The normalized spacial score (nSPS) is 10.9. The summed E-state index contributed by atoms with van der Waals surface area (Å²) in [6, 6.07) is 9.72. The van der Waals surface area contributed by atoms with Gasteiger partial charge in [0.05, 0.1) is 17.3 Å². The predicted molar refractivity (Wildman–Crippen MR) is 80.2 cm³/mol. The van der Waals surface area contributed by atoms with Crippen molar-refractivity contribution in [3.05, 3.63) is 53.7 Å². The number of nitrogens with zero attached hydrogens (tertiary/aromatic N) is 1. The summed E-state index contributed by atoms with van der Waals surface area (Å²) in [5, 5.41) is 2.86. The Kier molecular flexibility index (Phi) is 3.73. The molecule has 0 radical (unpaired) electrons. The van der Waals surface area contributed by atoms with Crippen LogP contribution in [-0.2, 0) is 6.42 Å². The van der Waals surface area contributed by atoms with Crippen molar-refractivity contribution in [1.82, 2.24) is 15.3 Å². The Morgan fingerprint density at radius 2 is 2.19 bits per heavy atom. The molecule has 108 valence electrons.